The van der Waals surface area contributed by atoms with Gasteiger partial charge in [-0.3, -0.25) is 4.40 Å². The van der Waals surface area contributed by atoms with E-state index in [9.17, 15) is 8.42 Å². The number of nitrogens with zero attached hydrogens (tertiary/aromatic N) is 3. The lowest BCUT2D eigenvalue weighted by molar-refractivity contribution is 0.576. The van der Waals surface area contributed by atoms with Crippen LogP contribution in [0.4, 0.5) is 5.82 Å². The summed E-state index contributed by atoms with van der Waals surface area (Å²) in [7, 11) is -2.03. The molecule has 0 atom stereocenters. The molecule has 0 saturated carbocycles. The summed E-state index contributed by atoms with van der Waals surface area (Å²) in [5.74, 6) is 0.337. The Balaban J connectivity index is 1.97. The SMILES string of the molecule is CNc1nc2sccn2c1S(=O)(=O)NCc1nccs1. The Bertz CT molecular complexity index is 818. The number of rotatable bonds is 5. The number of aromatic nitrogens is 3. The summed E-state index contributed by atoms with van der Waals surface area (Å²) in [5, 5.41) is 7.24. The van der Waals surface area contributed by atoms with Gasteiger partial charge < -0.3 is 5.32 Å². The van der Waals surface area contributed by atoms with Crippen molar-refractivity contribution in [3.05, 3.63) is 28.2 Å². The van der Waals surface area contributed by atoms with Gasteiger partial charge in [0.25, 0.3) is 10.0 Å². The summed E-state index contributed by atoms with van der Waals surface area (Å²) in [5.41, 5.74) is 0. The summed E-state index contributed by atoms with van der Waals surface area (Å²) in [4.78, 5) is 8.92. The van der Waals surface area contributed by atoms with Crippen LogP contribution in [0.5, 0.6) is 0 Å². The van der Waals surface area contributed by atoms with E-state index >= 15 is 0 Å². The number of imidazole rings is 1. The summed E-state index contributed by atoms with van der Waals surface area (Å²) >= 11 is 2.78. The molecule has 0 unspecified atom stereocenters. The molecule has 3 rings (SSSR count). The van der Waals surface area contributed by atoms with Crippen LogP contribution in [0.2, 0.25) is 0 Å². The Morgan fingerprint density at radius 3 is 2.90 bits per heavy atom. The Kier molecular flexibility index (Phi) is 3.46. The van der Waals surface area contributed by atoms with Crippen molar-refractivity contribution >= 4 is 43.5 Å². The molecule has 0 radical (unpaired) electrons. The summed E-state index contributed by atoms with van der Waals surface area (Å²) in [6.45, 7) is 0.167. The molecule has 0 aliphatic rings. The molecule has 7 nitrogen and oxygen atoms in total. The average Bonchev–Trinajstić information content (AvgIpc) is 3.11. The van der Waals surface area contributed by atoms with Crippen LogP contribution in [-0.4, -0.2) is 29.8 Å². The maximum absolute atomic E-state index is 12.4. The van der Waals surface area contributed by atoms with Crippen molar-refractivity contribution in [2.75, 3.05) is 12.4 Å². The second kappa shape index (κ2) is 5.13. The van der Waals surface area contributed by atoms with Gasteiger partial charge in [-0.15, -0.1) is 22.7 Å². The number of hydrogen-bond acceptors (Lipinski definition) is 7. The maximum Gasteiger partial charge on any atom is 0.260 e. The van der Waals surface area contributed by atoms with E-state index < -0.39 is 10.0 Å². The predicted molar refractivity (Wildman–Crippen MR) is 78.8 cm³/mol. The minimum Gasteiger partial charge on any atom is -0.371 e. The maximum atomic E-state index is 12.4. The number of thiazole rings is 2. The Morgan fingerprint density at radius 2 is 2.20 bits per heavy atom. The fourth-order valence-electron chi connectivity index (χ4n) is 1.75. The van der Waals surface area contributed by atoms with Crippen LogP contribution in [0.15, 0.2) is 28.2 Å². The van der Waals surface area contributed by atoms with Crippen LogP contribution in [0.1, 0.15) is 5.01 Å². The summed E-state index contributed by atoms with van der Waals surface area (Å²) in [6.07, 6.45) is 3.33. The predicted octanol–water partition coefficient (Wildman–Crippen LogP) is 1.37. The molecule has 0 fully saturated rings. The first kappa shape index (κ1) is 13.5. The van der Waals surface area contributed by atoms with Crippen LogP contribution >= 0.6 is 22.7 Å². The first-order valence-corrected chi connectivity index (χ1v) is 8.87. The van der Waals surface area contributed by atoms with E-state index in [0.717, 1.165) is 0 Å². The Labute approximate surface area is 123 Å². The number of hydrogen-bond donors (Lipinski definition) is 2. The number of sulfonamides is 1. The van der Waals surface area contributed by atoms with E-state index in [1.165, 1.54) is 22.7 Å². The van der Waals surface area contributed by atoms with Crippen molar-refractivity contribution < 1.29 is 8.42 Å². The number of anilines is 1. The van der Waals surface area contributed by atoms with Crippen LogP contribution < -0.4 is 10.0 Å². The van der Waals surface area contributed by atoms with E-state index in [4.69, 9.17) is 0 Å². The van der Waals surface area contributed by atoms with Crippen molar-refractivity contribution in [2.45, 2.75) is 11.6 Å². The Morgan fingerprint density at radius 1 is 1.35 bits per heavy atom. The lowest BCUT2D eigenvalue weighted by Crippen LogP contribution is -2.25. The normalized spacial score (nSPS) is 12.1. The highest BCUT2D eigenvalue weighted by atomic mass is 32.2. The van der Waals surface area contributed by atoms with Crippen molar-refractivity contribution in [3.8, 4) is 0 Å². The van der Waals surface area contributed by atoms with Crippen molar-refractivity contribution in [1.82, 2.24) is 19.1 Å². The van der Waals surface area contributed by atoms with Gasteiger partial charge in [-0.2, -0.15) is 0 Å². The van der Waals surface area contributed by atoms with Crippen LogP contribution in [0, 0.1) is 0 Å². The van der Waals surface area contributed by atoms with Crippen LogP contribution in [0.25, 0.3) is 4.96 Å². The minimum atomic E-state index is -3.67. The summed E-state index contributed by atoms with van der Waals surface area (Å²) < 4.78 is 29.0. The minimum absolute atomic E-state index is 0.118. The van der Waals surface area contributed by atoms with Gasteiger partial charge in [-0.1, -0.05) is 0 Å². The van der Waals surface area contributed by atoms with Crippen LogP contribution in [0.3, 0.4) is 0 Å². The van der Waals surface area contributed by atoms with Gasteiger partial charge in [-0.05, 0) is 0 Å². The highest BCUT2D eigenvalue weighted by Crippen LogP contribution is 2.25. The standard InChI is InChI=1S/C10H11N5O2S3/c1-11-8-9(15-3-5-19-10(15)14-8)20(16,17)13-6-7-12-2-4-18-7/h2-5,11,13H,6H2,1H3. The molecule has 3 aromatic heterocycles. The third-order valence-electron chi connectivity index (χ3n) is 2.61. The second-order valence-corrected chi connectivity index (χ2v) is 7.36. The zero-order valence-electron chi connectivity index (χ0n) is 10.4. The first-order valence-electron chi connectivity index (χ1n) is 5.63. The van der Waals surface area contributed by atoms with Gasteiger partial charge in [0, 0.05) is 30.2 Å². The van der Waals surface area contributed by atoms with E-state index in [1.54, 1.807) is 34.6 Å². The highest BCUT2D eigenvalue weighted by Gasteiger charge is 2.25. The highest BCUT2D eigenvalue weighted by molar-refractivity contribution is 7.89. The average molecular weight is 329 g/mol. The van der Waals surface area contributed by atoms with Gasteiger partial charge in [0.2, 0.25) is 0 Å². The number of fused-ring (bicyclic) bond motifs is 1. The number of nitrogens with one attached hydrogen (secondary N) is 2. The Hall–Kier alpha value is -1.49. The van der Waals surface area contributed by atoms with Gasteiger partial charge in [0.15, 0.2) is 15.8 Å². The summed E-state index contributed by atoms with van der Waals surface area (Å²) in [6, 6.07) is 0. The van der Waals surface area contributed by atoms with Crippen molar-refractivity contribution in [3.63, 3.8) is 0 Å². The van der Waals surface area contributed by atoms with Gasteiger partial charge in [0.1, 0.15) is 5.01 Å². The molecule has 0 saturated heterocycles. The van der Waals surface area contributed by atoms with Crippen molar-refractivity contribution in [2.24, 2.45) is 0 Å². The molecule has 0 aliphatic carbocycles. The molecule has 10 heteroatoms. The van der Waals surface area contributed by atoms with E-state index in [-0.39, 0.29) is 11.6 Å². The monoisotopic (exact) mass is 329 g/mol. The molecule has 0 spiro atoms. The van der Waals surface area contributed by atoms with Gasteiger partial charge >= 0.3 is 0 Å². The molecule has 3 aromatic rings. The largest absolute Gasteiger partial charge is 0.371 e. The molecule has 0 amide bonds. The third kappa shape index (κ3) is 2.30. The smallest absolute Gasteiger partial charge is 0.260 e. The van der Waals surface area contributed by atoms with Crippen molar-refractivity contribution in [1.29, 1.82) is 0 Å². The molecule has 0 bridgehead atoms. The van der Waals surface area contributed by atoms with Crippen LogP contribution in [-0.2, 0) is 16.6 Å². The fraction of sp³-hybridized carbons (Fsp3) is 0.200. The zero-order chi connectivity index (χ0) is 14.2. The lowest BCUT2D eigenvalue weighted by atomic mass is 10.7. The molecular formula is C10H11N5O2S3. The van der Waals surface area contributed by atoms with Gasteiger partial charge in [0.05, 0.1) is 6.54 Å². The zero-order valence-corrected chi connectivity index (χ0v) is 12.8. The lowest BCUT2D eigenvalue weighted by Gasteiger charge is -2.06. The molecule has 2 N–H and O–H groups in total. The van der Waals surface area contributed by atoms with E-state index in [1.807, 2.05) is 0 Å². The third-order valence-corrected chi connectivity index (χ3v) is 5.57. The molecular weight excluding hydrogens is 318 g/mol. The topological polar surface area (TPSA) is 88.4 Å². The van der Waals surface area contributed by atoms with E-state index in [2.05, 4.69) is 20.0 Å². The molecule has 20 heavy (non-hydrogen) atoms. The quantitative estimate of drug-likeness (QED) is 0.738. The van der Waals surface area contributed by atoms with E-state index in [0.29, 0.717) is 15.8 Å². The van der Waals surface area contributed by atoms with Gasteiger partial charge in [-0.25, -0.2) is 23.1 Å². The molecule has 0 aromatic carbocycles. The fourth-order valence-corrected chi connectivity index (χ4v) is 4.44. The molecule has 106 valence electrons. The first-order chi connectivity index (χ1) is 9.62. The molecule has 0 aliphatic heterocycles. The molecule has 3 heterocycles. The second-order valence-electron chi connectivity index (χ2n) is 3.82.